The van der Waals surface area contributed by atoms with Crippen molar-refractivity contribution in [2.45, 2.75) is 0 Å². The van der Waals surface area contributed by atoms with E-state index in [1.165, 1.54) is 0 Å². The third kappa shape index (κ3) is 65.8. The summed E-state index contributed by atoms with van der Waals surface area (Å²) < 4.78 is 0. The van der Waals surface area contributed by atoms with Crippen molar-refractivity contribution in [3.63, 3.8) is 0 Å². The third-order valence-electron chi connectivity index (χ3n) is 0. The van der Waals surface area contributed by atoms with Gasteiger partial charge in [-0.3, -0.25) is 0 Å². The van der Waals surface area contributed by atoms with Crippen LogP contribution in [0.5, 0.6) is 0 Å². The summed E-state index contributed by atoms with van der Waals surface area (Å²) in [6, 6.07) is 0. The normalized spacial score (nSPS) is 4.50. The van der Waals surface area contributed by atoms with E-state index in [-0.39, 0.29) is 40.5 Å². The van der Waals surface area contributed by atoms with Crippen LogP contribution in [0.2, 0.25) is 0 Å². The third-order valence-corrected chi connectivity index (χ3v) is 0. The second-order valence-corrected chi connectivity index (χ2v) is 0.346. The zero-order valence-electron chi connectivity index (χ0n) is 2.64. The number of rotatable bonds is 0. The Morgan fingerprint density at radius 2 is 1.00 bits per heavy atom. The SMILES string of the molecule is I.OB(O)O.[Ni]. The molecular formula is H4BINiO3. The van der Waals surface area contributed by atoms with Gasteiger partial charge in [-0.1, -0.05) is 0 Å². The van der Waals surface area contributed by atoms with Gasteiger partial charge in [-0.2, -0.15) is 0 Å². The Bertz CT molecular complexity index is 15.5. The van der Waals surface area contributed by atoms with Gasteiger partial charge >= 0.3 is 7.32 Å². The monoisotopic (exact) mass is 248 g/mol. The first-order valence-corrected chi connectivity index (χ1v) is 0.775. The van der Waals surface area contributed by atoms with E-state index in [1.54, 1.807) is 0 Å². The zero-order valence-corrected chi connectivity index (χ0v) is 5.96. The minimum absolute atomic E-state index is 0. The van der Waals surface area contributed by atoms with Crippen molar-refractivity contribution < 1.29 is 31.6 Å². The van der Waals surface area contributed by atoms with Gasteiger partial charge in [0.05, 0.1) is 0 Å². The fraction of sp³-hybridized carbons (Fsp3) is 0. The molecule has 0 aliphatic heterocycles. The van der Waals surface area contributed by atoms with Crippen LogP contribution < -0.4 is 0 Å². The van der Waals surface area contributed by atoms with Crippen LogP contribution in [0, 0.1) is 0 Å². The molecule has 6 heavy (non-hydrogen) atoms. The van der Waals surface area contributed by atoms with Gasteiger partial charge in [-0.15, -0.1) is 24.0 Å². The molecule has 0 aliphatic carbocycles. The molecule has 0 heterocycles. The maximum Gasteiger partial charge on any atom is 0.631 e. The number of hydrogen-bond acceptors (Lipinski definition) is 3. The van der Waals surface area contributed by atoms with E-state index in [9.17, 15) is 0 Å². The number of hydrogen-bond donors (Lipinski definition) is 3. The molecule has 0 bridgehead atoms. The summed E-state index contributed by atoms with van der Waals surface area (Å²) in [5, 5.41) is 21.5. The van der Waals surface area contributed by atoms with Crippen LogP contribution >= 0.6 is 24.0 Å². The van der Waals surface area contributed by atoms with E-state index in [4.69, 9.17) is 15.1 Å². The molecule has 0 amide bonds. The molecule has 0 unspecified atom stereocenters. The van der Waals surface area contributed by atoms with E-state index in [0.29, 0.717) is 0 Å². The minimum Gasteiger partial charge on any atom is -0.402 e. The molecule has 0 aromatic carbocycles. The summed E-state index contributed by atoms with van der Waals surface area (Å²) in [6.07, 6.45) is 0. The Balaban J connectivity index is -0.0000000450. The molecule has 0 aliphatic rings. The zero-order chi connectivity index (χ0) is 3.58. The van der Waals surface area contributed by atoms with E-state index < -0.39 is 7.32 Å². The topological polar surface area (TPSA) is 60.7 Å². The van der Waals surface area contributed by atoms with Crippen LogP contribution in [0.15, 0.2) is 0 Å². The van der Waals surface area contributed by atoms with Gasteiger partial charge < -0.3 is 15.1 Å². The predicted octanol–water partition coefficient (Wildman–Crippen LogP) is -1.44. The van der Waals surface area contributed by atoms with Crippen molar-refractivity contribution in [3.8, 4) is 0 Å². The smallest absolute Gasteiger partial charge is 0.402 e. The second-order valence-electron chi connectivity index (χ2n) is 0.346. The van der Waals surface area contributed by atoms with E-state index in [0.717, 1.165) is 0 Å². The van der Waals surface area contributed by atoms with Gasteiger partial charge in [0.15, 0.2) is 0 Å². The maximum absolute atomic E-state index is 7.17. The van der Waals surface area contributed by atoms with Crippen LogP contribution in [0.25, 0.3) is 0 Å². The molecular weight excluding hydrogens is 244 g/mol. The summed E-state index contributed by atoms with van der Waals surface area (Å²) in [7, 11) is -2.17. The van der Waals surface area contributed by atoms with Crippen LogP contribution in [-0.4, -0.2) is 22.4 Å². The van der Waals surface area contributed by atoms with Crippen molar-refractivity contribution in [2.75, 3.05) is 0 Å². The van der Waals surface area contributed by atoms with Gasteiger partial charge in [0.25, 0.3) is 0 Å². The maximum atomic E-state index is 7.17. The van der Waals surface area contributed by atoms with E-state index >= 15 is 0 Å². The largest absolute Gasteiger partial charge is 0.631 e. The first-order chi connectivity index (χ1) is 1.73. The van der Waals surface area contributed by atoms with Gasteiger partial charge in [-0.05, 0) is 0 Å². The molecule has 3 N–H and O–H groups in total. The van der Waals surface area contributed by atoms with Gasteiger partial charge in [0, 0.05) is 16.5 Å². The van der Waals surface area contributed by atoms with Gasteiger partial charge in [0.1, 0.15) is 0 Å². The molecule has 0 spiro atoms. The fourth-order valence-electron chi connectivity index (χ4n) is 0. The standard InChI is InChI=1S/BH3O3.HI.Ni/c2-1(3)4;;/h2-4H;1H;. The second kappa shape index (κ2) is 9.48. The molecule has 0 atom stereocenters. The first kappa shape index (κ1) is 15.7. The van der Waals surface area contributed by atoms with E-state index in [2.05, 4.69) is 0 Å². The van der Waals surface area contributed by atoms with Gasteiger partial charge in [0.2, 0.25) is 0 Å². The van der Waals surface area contributed by atoms with Crippen molar-refractivity contribution in [1.82, 2.24) is 0 Å². The Kier molecular flexibility index (Phi) is 24.8. The molecule has 42 valence electrons. The van der Waals surface area contributed by atoms with Crippen molar-refractivity contribution in [3.05, 3.63) is 0 Å². The Morgan fingerprint density at radius 1 is 1.00 bits per heavy atom. The Labute approximate surface area is 62.9 Å². The molecule has 0 rings (SSSR count). The molecule has 0 saturated carbocycles. The molecule has 3 nitrogen and oxygen atoms in total. The summed E-state index contributed by atoms with van der Waals surface area (Å²) in [6.45, 7) is 0. The van der Waals surface area contributed by atoms with Crippen molar-refractivity contribution in [1.29, 1.82) is 0 Å². The summed E-state index contributed by atoms with van der Waals surface area (Å²) in [5.74, 6) is 0. The Morgan fingerprint density at radius 3 is 1.00 bits per heavy atom. The first-order valence-electron chi connectivity index (χ1n) is 0.775. The Hall–Kier alpha value is 1.17. The summed E-state index contributed by atoms with van der Waals surface area (Å²) >= 11 is 0. The minimum atomic E-state index is -2.17. The molecule has 0 aromatic heterocycles. The molecule has 0 saturated heterocycles. The molecule has 0 aromatic rings. The van der Waals surface area contributed by atoms with Crippen molar-refractivity contribution >= 4 is 31.3 Å². The molecule has 0 fully saturated rings. The van der Waals surface area contributed by atoms with Gasteiger partial charge in [-0.25, -0.2) is 0 Å². The quantitative estimate of drug-likeness (QED) is 0.364. The van der Waals surface area contributed by atoms with Crippen LogP contribution in [-0.2, 0) is 16.5 Å². The summed E-state index contributed by atoms with van der Waals surface area (Å²) in [4.78, 5) is 0. The molecule has 6 heteroatoms. The van der Waals surface area contributed by atoms with E-state index in [1.807, 2.05) is 0 Å². The predicted molar refractivity (Wildman–Crippen MR) is 27.8 cm³/mol. The molecule has 0 radical (unpaired) electrons. The summed E-state index contributed by atoms with van der Waals surface area (Å²) in [5.41, 5.74) is 0. The van der Waals surface area contributed by atoms with Crippen LogP contribution in [0.1, 0.15) is 0 Å². The van der Waals surface area contributed by atoms with Crippen LogP contribution in [0.4, 0.5) is 0 Å². The average molecular weight is 248 g/mol. The van der Waals surface area contributed by atoms with Crippen LogP contribution in [0.3, 0.4) is 0 Å². The number of halogens is 1. The van der Waals surface area contributed by atoms with Crippen molar-refractivity contribution in [2.24, 2.45) is 0 Å². The fourth-order valence-corrected chi connectivity index (χ4v) is 0. The average Bonchev–Trinajstić information content (AvgIpc) is 0.811.